The lowest BCUT2D eigenvalue weighted by Crippen LogP contribution is -2.50. The van der Waals surface area contributed by atoms with Gasteiger partial charge in [0, 0.05) is 26.2 Å². The molecule has 3 fully saturated rings. The molecule has 2 heterocycles. The van der Waals surface area contributed by atoms with Crippen molar-refractivity contribution < 1.29 is 14.3 Å². The van der Waals surface area contributed by atoms with Gasteiger partial charge in [0.1, 0.15) is 5.41 Å². The van der Waals surface area contributed by atoms with Crippen LogP contribution in [0.3, 0.4) is 0 Å². The lowest BCUT2D eigenvalue weighted by molar-refractivity contribution is -0.151. The van der Waals surface area contributed by atoms with Crippen LogP contribution in [0.4, 0.5) is 0 Å². The minimum Gasteiger partial charge on any atom is -0.378 e. The number of carbonyl (C=O) groups excluding carboxylic acids is 2. The molecule has 2 amide bonds. The summed E-state index contributed by atoms with van der Waals surface area (Å²) in [5.74, 6) is 0.144. The second-order valence-corrected chi connectivity index (χ2v) is 6.19. The summed E-state index contributed by atoms with van der Waals surface area (Å²) in [6.45, 7) is 4.12. The first kappa shape index (κ1) is 13.9. The summed E-state index contributed by atoms with van der Waals surface area (Å²) in [6.07, 6.45) is 6.03. The van der Waals surface area contributed by atoms with Gasteiger partial charge in [-0.25, -0.2) is 0 Å². The monoisotopic (exact) mass is 280 g/mol. The summed E-state index contributed by atoms with van der Waals surface area (Å²) in [5, 5.41) is 0. The normalized spacial score (nSPS) is 26.0. The molecule has 0 spiro atoms. The zero-order chi connectivity index (χ0) is 14.0. The average Bonchev–Trinajstić information content (AvgIpc) is 3.31. The highest BCUT2D eigenvalue weighted by atomic mass is 16.5. The van der Waals surface area contributed by atoms with E-state index in [1.165, 1.54) is 12.8 Å². The maximum absolute atomic E-state index is 12.8. The van der Waals surface area contributed by atoms with E-state index in [0.29, 0.717) is 26.3 Å². The standard InChI is InChI=1S/C15H24N2O3/c18-13(16-7-3-1-2-4-8-16)15(5-6-15)14(19)17-9-11-20-12-10-17/h1-12H2. The first-order valence-electron chi connectivity index (χ1n) is 7.90. The van der Waals surface area contributed by atoms with Gasteiger partial charge in [0.2, 0.25) is 11.8 Å². The molecule has 0 atom stereocenters. The fourth-order valence-corrected chi connectivity index (χ4v) is 3.29. The van der Waals surface area contributed by atoms with Crippen LogP contribution in [0.15, 0.2) is 0 Å². The number of amides is 2. The number of morpholine rings is 1. The molecule has 0 radical (unpaired) electrons. The Labute approximate surface area is 120 Å². The maximum Gasteiger partial charge on any atom is 0.238 e. The minimum atomic E-state index is -0.707. The van der Waals surface area contributed by atoms with Crippen LogP contribution in [-0.4, -0.2) is 61.0 Å². The van der Waals surface area contributed by atoms with Crippen LogP contribution in [-0.2, 0) is 14.3 Å². The third kappa shape index (κ3) is 2.55. The quantitative estimate of drug-likeness (QED) is 0.710. The van der Waals surface area contributed by atoms with E-state index in [2.05, 4.69) is 0 Å². The lowest BCUT2D eigenvalue weighted by Gasteiger charge is -2.32. The van der Waals surface area contributed by atoms with Crippen molar-refractivity contribution in [1.29, 1.82) is 0 Å². The summed E-state index contributed by atoms with van der Waals surface area (Å²) in [4.78, 5) is 29.2. The number of hydrogen-bond acceptors (Lipinski definition) is 3. The van der Waals surface area contributed by atoms with Crippen molar-refractivity contribution in [3.63, 3.8) is 0 Å². The van der Waals surface area contributed by atoms with E-state index in [0.717, 1.165) is 38.8 Å². The number of nitrogens with zero attached hydrogens (tertiary/aromatic N) is 2. The fraction of sp³-hybridized carbons (Fsp3) is 0.867. The minimum absolute atomic E-state index is 0.0510. The molecule has 0 aromatic heterocycles. The lowest BCUT2D eigenvalue weighted by atomic mass is 10.0. The summed E-state index contributed by atoms with van der Waals surface area (Å²) >= 11 is 0. The second-order valence-electron chi connectivity index (χ2n) is 6.19. The molecule has 3 rings (SSSR count). The highest BCUT2D eigenvalue weighted by molar-refractivity contribution is 6.07. The van der Waals surface area contributed by atoms with Gasteiger partial charge in [-0.15, -0.1) is 0 Å². The highest BCUT2D eigenvalue weighted by Crippen LogP contribution is 2.49. The van der Waals surface area contributed by atoms with E-state index in [1.807, 2.05) is 9.80 Å². The van der Waals surface area contributed by atoms with Gasteiger partial charge in [-0.05, 0) is 25.7 Å². The number of carbonyl (C=O) groups is 2. The van der Waals surface area contributed by atoms with Gasteiger partial charge in [0.05, 0.1) is 13.2 Å². The summed E-state index contributed by atoms with van der Waals surface area (Å²) < 4.78 is 5.29. The van der Waals surface area contributed by atoms with Gasteiger partial charge < -0.3 is 14.5 Å². The van der Waals surface area contributed by atoms with Crippen molar-refractivity contribution in [2.45, 2.75) is 38.5 Å². The van der Waals surface area contributed by atoms with Crippen LogP contribution in [0.25, 0.3) is 0 Å². The molecular weight excluding hydrogens is 256 g/mol. The Morgan fingerprint density at radius 2 is 1.25 bits per heavy atom. The molecule has 3 aliphatic rings. The van der Waals surface area contributed by atoms with E-state index in [9.17, 15) is 9.59 Å². The van der Waals surface area contributed by atoms with Crippen LogP contribution < -0.4 is 0 Å². The van der Waals surface area contributed by atoms with Crippen LogP contribution in [0, 0.1) is 5.41 Å². The first-order chi connectivity index (χ1) is 9.74. The topological polar surface area (TPSA) is 49.9 Å². The SMILES string of the molecule is O=C(N1CCCCCC1)C1(C(=O)N2CCOCC2)CC1. The van der Waals surface area contributed by atoms with Crippen LogP contribution in [0.2, 0.25) is 0 Å². The molecule has 5 nitrogen and oxygen atoms in total. The molecule has 1 saturated carbocycles. The second kappa shape index (κ2) is 5.72. The summed E-state index contributed by atoms with van der Waals surface area (Å²) in [7, 11) is 0. The van der Waals surface area contributed by atoms with E-state index in [4.69, 9.17) is 4.74 Å². The van der Waals surface area contributed by atoms with E-state index in [-0.39, 0.29) is 11.8 Å². The first-order valence-corrected chi connectivity index (χ1v) is 7.90. The molecule has 0 bridgehead atoms. The van der Waals surface area contributed by atoms with Crippen molar-refractivity contribution in [1.82, 2.24) is 9.80 Å². The Balaban J connectivity index is 1.67. The van der Waals surface area contributed by atoms with E-state index < -0.39 is 5.41 Å². The summed E-state index contributed by atoms with van der Waals surface area (Å²) in [5.41, 5.74) is -0.707. The van der Waals surface area contributed by atoms with Gasteiger partial charge in [-0.1, -0.05) is 12.8 Å². The van der Waals surface area contributed by atoms with Crippen molar-refractivity contribution in [3.8, 4) is 0 Å². The van der Waals surface area contributed by atoms with Gasteiger partial charge in [0.25, 0.3) is 0 Å². The van der Waals surface area contributed by atoms with Gasteiger partial charge in [0.15, 0.2) is 0 Å². The van der Waals surface area contributed by atoms with Crippen molar-refractivity contribution in [3.05, 3.63) is 0 Å². The van der Waals surface area contributed by atoms with Gasteiger partial charge in [-0.2, -0.15) is 0 Å². The molecule has 0 aromatic carbocycles. The van der Waals surface area contributed by atoms with Gasteiger partial charge in [-0.3, -0.25) is 9.59 Å². The average molecular weight is 280 g/mol. The summed E-state index contributed by atoms with van der Waals surface area (Å²) in [6, 6.07) is 0. The predicted molar refractivity (Wildman–Crippen MR) is 74.1 cm³/mol. The predicted octanol–water partition coefficient (Wildman–Crippen LogP) is 1.03. The maximum atomic E-state index is 12.8. The number of ether oxygens (including phenoxy) is 1. The molecule has 0 N–H and O–H groups in total. The molecule has 0 aromatic rings. The Morgan fingerprint density at radius 1 is 0.750 bits per heavy atom. The smallest absolute Gasteiger partial charge is 0.238 e. The van der Waals surface area contributed by atoms with Gasteiger partial charge >= 0.3 is 0 Å². The zero-order valence-corrected chi connectivity index (χ0v) is 12.1. The van der Waals surface area contributed by atoms with Crippen molar-refractivity contribution in [2.75, 3.05) is 39.4 Å². The molecule has 5 heteroatoms. The highest BCUT2D eigenvalue weighted by Gasteiger charge is 2.59. The fourth-order valence-electron chi connectivity index (χ4n) is 3.29. The molecule has 2 aliphatic heterocycles. The van der Waals surface area contributed by atoms with E-state index >= 15 is 0 Å². The Kier molecular flexibility index (Phi) is 3.96. The number of likely N-dealkylation sites (tertiary alicyclic amines) is 1. The molecule has 2 saturated heterocycles. The third-order valence-electron chi connectivity index (χ3n) is 4.76. The van der Waals surface area contributed by atoms with E-state index in [1.54, 1.807) is 0 Å². The Hall–Kier alpha value is -1.10. The Bertz CT molecular complexity index is 379. The van der Waals surface area contributed by atoms with Crippen molar-refractivity contribution in [2.24, 2.45) is 5.41 Å². The molecule has 20 heavy (non-hydrogen) atoms. The largest absolute Gasteiger partial charge is 0.378 e. The molecule has 112 valence electrons. The van der Waals surface area contributed by atoms with Crippen LogP contribution in [0.5, 0.6) is 0 Å². The van der Waals surface area contributed by atoms with Crippen molar-refractivity contribution >= 4 is 11.8 Å². The third-order valence-corrected chi connectivity index (χ3v) is 4.76. The molecule has 1 aliphatic carbocycles. The van der Waals surface area contributed by atoms with Crippen LogP contribution in [0.1, 0.15) is 38.5 Å². The number of rotatable bonds is 2. The Morgan fingerprint density at radius 3 is 1.75 bits per heavy atom. The molecular formula is C15H24N2O3. The zero-order valence-electron chi connectivity index (χ0n) is 12.1. The molecule has 0 unspecified atom stereocenters. The number of hydrogen-bond donors (Lipinski definition) is 0. The van der Waals surface area contributed by atoms with Crippen LogP contribution >= 0.6 is 0 Å².